The van der Waals surface area contributed by atoms with Gasteiger partial charge in [-0.3, -0.25) is 4.79 Å². The van der Waals surface area contributed by atoms with Crippen LogP contribution in [0.3, 0.4) is 0 Å². The predicted molar refractivity (Wildman–Crippen MR) is 63.2 cm³/mol. The van der Waals surface area contributed by atoms with E-state index in [4.69, 9.17) is 0 Å². The van der Waals surface area contributed by atoms with Crippen LogP contribution in [0, 0.1) is 6.92 Å². The number of benzene rings is 1. The van der Waals surface area contributed by atoms with Gasteiger partial charge in [-0.2, -0.15) is 0 Å². The summed E-state index contributed by atoms with van der Waals surface area (Å²) >= 11 is 0. The molecule has 1 aromatic heterocycles. The fraction of sp³-hybridized carbons (Fsp3) is 0.154. The van der Waals surface area contributed by atoms with Crippen molar-refractivity contribution in [3.05, 3.63) is 58.4 Å². The van der Waals surface area contributed by atoms with E-state index in [0.717, 1.165) is 17.3 Å². The Labute approximate surface area is 88.3 Å². The van der Waals surface area contributed by atoms with E-state index >= 15 is 0 Å². The lowest BCUT2D eigenvalue weighted by Crippen LogP contribution is -2.03. The second kappa shape index (κ2) is 3.73. The first-order valence-electron chi connectivity index (χ1n) is 4.94. The van der Waals surface area contributed by atoms with E-state index in [0.29, 0.717) is 0 Å². The molecule has 2 aromatic rings. The molecule has 0 amide bonds. The minimum Gasteiger partial charge on any atom is -0.322 e. The largest absolute Gasteiger partial charge is 0.322 e. The first-order valence-corrected chi connectivity index (χ1v) is 4.94. The van der Waals surface area contributed by atoms with E-state index in [1.54, 1.807) is 6.07 Å². The van der Waals surface area contributed by atoms with Crippen molar-refractivity contribution in [2.45, 2.75) is 13.3 Å². The van der Waals surface area contributed by atoms with Crippen LogP contribution in [-0.4, -0.2) is 4.98 Å². The molecule has 0 bridgehead atoms. The van der Waals surface area contributed by atoms with Gasteiger partial charge in [0.15, 0.2) is 0 Å². The molecule has 1 heterocycles. The third-order valence-corrected chi connectivity index (χ3v) is 2.54. The van der Waals surface area contributed by atoms with Crippen molar-refractivity contribution in [2.24, 2.45) is 0 Å². The van der Waals surface area contributed by atoms with Gasteiger partial charge >= 0.3 is 0 Å². The predicted octanol–water partition coefficient (Wildman–Crippen LogP) is 2.57. The molecule has 0 saturated carbocycles. The van der Waals surface area contributed by atoms with Crippen molar-refractivity contribution in [1.82, 2.24) is 4.98 Å². The van der Waals surface area contributed by atoms with Crippen molar-refractivity contribution in [3.63, 3.8) is 0 Å². The molecule has 2 heteroatoms. The normalized spacial score (nSPS) is 10.5. The highest BCUT2D eigenvalue weighted by Gasteiger charge is 2.00. The maximum absolute atomic E-state index is 11.1. The Morgan fingerprint density at radius 1 is 1.40 bits per heavy atom. The van der Waals surface area contributed by atoms with Crippen molar-refractivity contribution in [3.8, 4) is 0 Å². The number of rotatable bonds is 2. The molecule has 0 aliphatic carbocycles. The summed E-state index contributed by atoms with van der Waals surface area (Å²) < 4.78 is 0. The highest BCUT2D eigenvalue weighted by atomic mass is 16.1. The van der Waals surface area contributed by atoms with Gasteiger partial charge in [-0.1, -0.05) is 6.08 Å². The first kappa shape index (κ1) is 9.71. The van der Waals surface area contributed by atoms with Gasteiger partial charge < -0.3 is 4.98 Å². The number of pyridine rings is 1. The zero-order chi connectivity index (χ0) is 10.8. The monoisotopic (exact) mass is 199 g/mol. The van der Waals surface area contributed by atoms with Crippen molar-refractivity contribution < 1.29 is 0 Å². The van der Waals surface area contributed by atoms with Crippen LogP contribution in [0.1, 0.15) is 11.1 Å². The van der Waals surface area contributed by atoms with Gasteiger partial charge in [-0.25, -0.2) is 0 Å². The minimum absolute atomic E-state index is 0.0571. The van der Waals surface area contributed by atoms with Crippen molar-refractivity contribution in [2.75, 3.05) is 0 Å². The Bertz CT molecular complexity index is 566. The average molecular weight is 199 g/mol. The summed E-state index contributed by atoms with van der Waals surface area (Å²) in [5.74, 6) is 0. The molecule has 0 fully saturated rings. The first-order chi connectivity index (χ1) is 7.20. The lowest BCUT2D eigenvalue weighted by molar-refractivity contribution is 1.21. The van der Waals surface area contributed by atoms with Crippen LogP contribution in [0.15, 0.2) is 41.7 Å². The molecule has 0 saturated heterocycles. The second-order valence-corrected chi connectivity index (χ2v) is 3.68. The van der Waals surface area contributed by atoms with Gasteiger partial charge in [0.2, 0.25) is 5.56 Å². The van der Waals surface area contributed by atoms with Crippen molar-refractivity contribution >= 4 is 10.9 Å². The maximum atomic E-state index is 11.1. The summed E-state index contributed by atoms with van der Waals surface area (Å²) in [4.78, 5) is 14.0. The Morgan fingerprint density at radius 2 is 2.20 bits per heavy atom. The molecule has 0 aliphatic rings. The SMILES string of the molecule is C=CCc1cc2ccc(=O)[nH]c2cc1C. The summed E-state index contributed by atoms with van der Waals surface area (Å²) in [6.07, 6.45) is 2.75. The molecule has 76 valence electrons. The molecule has 2 rings (SSSR count). The Balaban J connectivity index is 2.70. The number of H-pyrrole nitrogens is 1. The number of aryl methyl sites for hydroxylation is 1. The van der Waals surface area contributed by atoms with Crippen molar-refractivity contribution in [1.29, 1.82) is 0 Å². The molecule has 1 aromatic carbocycles. The molecular weight excluding hydrogens is 186 g/mol. The van der Waals surface area contributed by atoms with Gasteiger partial charge in [0.1, 0.15) is 0 Å². The lowest BCUT2D eigenvalue weighted by atomic mass is 10.0. The van der Waals surface area contributed by atoms with E-state index in [1.165, 1.54) is 11.1 Å². The topological polar surface area (TPSA) is 32.9 Å². The minimum atomic E-state index is -0.0571. The van der Waals surface area contributed by atoms with Gasteiger partial charge in [0.05, 0.1) is 0 Å². The zero-order valence-corrected chi connectivity index (χ0v) is 8.71. The Hall–Kier alpha value is -1.83. The highest BCUT2D eigenvalue weighted by Crippen LogP contribution is 2.17. The molecular formula is C13H13NO. The van der Waals surface area contributed by atoms with E-state index in [-0.39, 0.29) is 5.56 Å². The van der Waals surface area contributed by atoms with Crippen LogP contribution in [-0.2, 0) is 6.42 Å². The van der Waals surface area contributed by atoms with E-state index in [2.05, 4.69) is 17.6 Å². The molecule has 0 spiro atoms. The van der Waals surface area contributed by atoms with Gasteiger partial charge in [0.25, 0.3) is 0 Å². The zero-order valence-electron chi connectivity index (χ0n) is 8.71. The van der Waals surface area contributed by atoms with Crippen LogP contribution < -0.4 is 5.56 Å². The van der Waals surface area contributed by atoms with Gasteiger partial charge in [-0.05, 0) is 48.1 Å². The number of hydrogen-bond donors (Lipinski definition) is 1. The molecule has 0 radical (unpaired) electrons. The smallest absolute Gasteiger partial charge is 0.248 e. The maximum Gasteiger partial charge on any atom is 0.248 e. The summed E-state index contributed by atoms with van der Waals surface area (Å²) in [6, 6.07) is 7.51. The number of fused-ring (bicyclic) bond motifs is 1. The summed E-state index contributed by atoms with van der Waals surface area (Å²) in [5, 5.41) is 1.07. The van der Waals surface area contributed by atoms with Crippen LogP contribution in [0.2, 0.25) is 0 Å². The number of allylic oxidation sites excluding steroid dienone is 1. The molecule has 15 heavy (non-hydrogen) atoms. The third kappa shape index (κ3) is 1.84. The van der Waals surface area contributed by atoms with E-state index < -0.39 is 0 Å². The van der Waals surface area contributed by atoms with E-state index in [9.17, 15) is 4.79 Å². The summed E-state index contributed by atoms with van der Waals surface area (Å²) in [6.45, 7) is 5.78. The number of nitrogens with one attached hydrogen (secondary N) is 1. The third-order valence-electron chi connectivity index (χ3n) is 2.54. The van der Waals surface area contributed by atoms with Gasteiger partial charge in [-0.15, -0.1) is 6.58 Å². The molecule has 0 aliphatic heterocycles. The fourth-order valence-corrected chi connectivity index (χ4v) is 1.73. The average Bonchev–Trinajstić information content (AvgIpc) is 2.20. The highest BCUT2D eigenvalue weighted by molar-refractivity contribution is 5.80. The summed E-state index contributed by atoms with van der Waals surface area (Å²) in [7, 11) is 0. The molecule has 1 N–H and O–H groups in total. The quantitative estimate of drug-likeness (QED) is 0.741. The fourth-order valence-electron chi connectivity index (χ4n) is 1.73. The second-order valence-electron chi connectivity index (χ2n) is 3.68. The Morgan fingerprint density at radius 3 is 2.93 bits per heavy atom. The van der Waals surface area contributed by atoms with Crippen LogP contribution >= 0.6 is 0 Å². The van der Waals surface area contributed by atoms with E-state index in [1.807, 2.05) is 25.1 Å². The number of aromatic nitrogens is 1. The van der Waals surface area contributed by atoms with Crippen LogP contribution in [0.25, 0.3) is 10.9 Å². The number of aromatic amines is 1. The molecule has 0 unspecified atom stereocenters. The van der Waals surface area contributed by atoms with Crippen LogP contribution in [0.4, 0.5) is 0 Å². The van der Waals surface area contributed by atoms with Gasteiger partial charge in [0, 0.05) is 11.6 Å². The summed E-state index contributed by atoms with van der Waals surface area (Å²) in [5.41, 5.74) is 3.28. The standard InChI is InChI=1S/C13H13NO/c1-3-4-10-8-11-5-6-13(15)14-12(11)7-9(10)2/h3,5-8H,1,4H2,2H3,(H,14,15). The molecule has 2 nitrogen and oxygen atoms in total. The number of hydrogen-bond acceptors (Lipinski definition) is 1. The lowest BCUT2D eigenvalue weighted by Gasteiger charge is -2.05. The van der Waals surface area contributed by atoms with Crippen LogP contribution in [0.5, 0.6) is 0 Å². The Kier molecular flexibility index (Phi) is 2.42. The molecule has 0 atom stereocenters.